The zero-order valence-electron chi connectivity index (χ0n) is 7.51. The SMILES string of the molecule is CCn1ncc([N+](=O)[O-])c1CC(=O)O. The molecule has 0 radical (unpaired) electrons. The molecule has 0 aliphatic rings. The lowest BCUT2D eigenvalue weighted by Crippen LogP contribution is -2.09. The largest absolute Gasteiger partial charge is 0.481 e. The molecule has 0 fully saturated rings. The number of nitrogens with zero attached hydrogens (tertiary/aromatic N) is 3. The average molecular weight is 199 g/mol. The van der Waals surface area contributed by atoms with Gasteiger partial charge < -0.3 is 5.11 Å². The second-order valence-corrected chi connectivity index (χ2v) is 2.62. The van der Waals surface area contributed by atoms with Gasteiger partial charge in [-0.1, -0.05) is 0 Å². The molecular weight excluding hydrogens is 190 g/mol. The Hall–Kier alpha value is -1.92. The Kier molecular flexibility index (Phi) is 2.80. The van der Waals surface area contributed by atoms with Crippen molar-refractivity contribution < 1.29 is 14.8 Å². The van der Waals surface area contributed by atoms with Crippen LogP contribution in [0.15, 0.2) is 6.20 Å². The maximum absolute atomic E-state index is 10.5. The van der Waals surface area contributed by atoms with E-state index < -0.39 is 10.9 Å². The molecule has 0 aliphatic heterocycles. The van der Waals surface area contributed by atoms with Crippen molar-refractivity contribution in [1.82, 2.24) is 9.78 Å². The molecule has 0 spiro atoms. The molecule has 0 amide bonds. The van der Waals surface area contributed by atoms with Crippen LogP contribution >= 0.6 is 0 Å². The third-order valence-electron chi connectivity index (χ3n) is 1.74. The van der Waals surface area contributed by atoms with Crippen molar-refractivity contribution in [2.75, 3.05) is 0 Å². The van der Waals surface area contributed by atoms with Crippen molar-refractivity contribution in [1.29, 1.82) is 0 Å². The first-order valence-electron chi connectivity index (χ1n) is 3.97. The Morgan fingerprint density at radius 1 is 1.79 bits per heavy atom. The van der Waals surface area contributed by atoms with Gasteiger partial charge in [0.15, 0.2) is 0 Å². The van der Waals surface area contributed by atoms with Crippen molar-refractivity contribution in [2.45, 2.75) is 19.9 Å². The van der Waals surface area contributed by atoms with E-state index in [1.165, 1.54) is 4.68 Å². The number of rotatable bonds is 4. The van der Waals surface area contributed by atoms with E-state index >= 15 is 0 Å². The minimum atomic E-state index is -1.11. The third-order valence-corrected chi connectivity index (χ3v) is 1.74. The van der Waals surface area contributed by atoms with E-state index in [0.717, 1.165) is 6.20 Å². The zero-order chi connectivity index (χ0) is 10.7. The summed E-state index contributed by atoms with van der Waals surface area (Å²) in [5, 5.41) is 22.8. The van der Waals surface area contributed by atoms with Crippen LogP contribution in [0.1, 0.15) is 12.6 Å². The molecule has 0 aromatic carbocycles. The number of aromatic nitrogens is 2. The highest BCUT2D eigenvalue weighted by molar-refractivity contribution is 5.71. The lowest BCUT2D eigenvalue weighted by molar-refractivity contribution is -0.385. The minimum Gasteiger partial charge on any atom is -0.481 e. The Morgan fingerprint density at radius 3 is 2.86 bits per heavy atom. The third kappa shape index (κ3) is 1.87. The van der Waals surface area contributed by atoms with Gasteiger partial charge in [0, 0.05) is 6.54 Å². The highest BCUT2D eigenvalue weighted by Crippen LogP contribution is 2.18. The molecule has 1 rings (SSSR count). The van der Waals surface area contributed by atoms with Gasteiger partial charge in [-0.15, -0.1) is 0 Å². The summed E-state index contributed by atoms with van der Waals surface area (Å²) < 4.78 is 1.31. The van der Waals surface area contributed by atoms with Gasteiger partial charge in [-0.25, -0.2) is 0 Å². The van der Waals surface area contributed by atoms with Crippen LogP contribution in [0, 0.1) is 10.1 Å². The number of carboxylic acid groups (broad SMARTS) is 1. The molecule has 14 heavy (non-hydrogen) atoms. The van der Waals surface area contributed by atoms with Gasteiger partial charge in [-0.3, -0.25) is 19.6 Å². The molecule has 7 heteroatoms. The van der Waals surface area contributed by atoms with Crippen LogP contribution in [0.5, 0.6) is 0 Å². The monoisotopic (exact) mass is 199 g/mol. The number of carbonyl (C=O) groups is 1. The summed E-state index contributed by atoms with van der Waals surface area (Å²) >= 11 is 0. The molecule has 76 valence electrons. The Balaban J connectivity index is 3.12. The van der Waals surface area contributed by atoms with Crippen molar-refractivity contribution in [3.05, 3.63) is 22.0 Å². The van der Waals surface area contributed by atoms with Crippen molar-refractivity contribution >= 4 is 11.7 Å². The number of nitro groups is 1. The molecule has 7 nitrogen and oxygen atoms in total. The molecule has 1 aromatic heterocycles. The topological polar surface area (TPSA) is 98.3 Å². The lowest BCUT2D eigenvalue weighted by Gasteiger charge is -2.00. The van der Waals surface area contributed by atoms with Gasteiger partial charge in [0.2, 0.25) is 0 Å². The molecule has 0 aliphatic carbocycles. The molecule has 0 unspecified atom stereocenters. The first kappa shape index (κ1) is 10.2. The molecule has 0 bridgehead atoms. The lowest BCUT2D eigenvalue weighted by atomic mass is 10.3. The Labute approximate surface area is 79.1 Å². The Bertz CT molecular complexity index is 371. The number of aryl methyl sites for hydroxylation is 1. The average Bonchev–Trinajstić information content (AvgIpc) is 2.46. The van der Waals surface area contributed by atoms with E-state index in [9.17, 15) is 14.9 Å². The van der Waals surface area contributed by atoms with E-state index in [1.54, 1.807) is 6.92 Å². The van der Waals surface area contributed by atoms with Crippen molar-refractivity contribution in [2.24, 2.45) is 0 Å². The summed E-state index contributed by atoms with van der Waals surface area (Å²) in [6.07, 6.45) is 0.686. The van der Waals surface area contributed by atoms with Crippen LogP contribution in [0.3, 0.4) is 0 Å². The van der Waals surface area contributed by atoms with Crippen molar-refractivity contribution in [3.63, 3.8) is 0 Å². The van der Waals surface area contributed by atoms with Gasteiger partial charge in [0.1, 0.15) is 11.9 Å². The quantitative estimate of drug-likeness (QED) is 0.560. The second-order valence-electron chi connectivity index (χ2n) is 2.62. The van der Waals surface area contributed by atoms with Gasteiger partial charge in [-0.05, 0) is 6.92 Å². The minimum absolute atomic E-state index is 0.130. The van der Waals surface area contributed by atoms with Gasteiger partial charge in [0.25, 0.3) is 0 Å². The van der Waals surface area contributed by atoms with Crippen LogP contribution < -0.4 is 0 Å². The second kappa shape index (κ2) is 3.86. The fraction of sp³-hybridized carbons (Fsp3) is 0.429. The summed E-state index contributed by atoms with van der Waals surface area (Å²) in [7, 11) is 0. The molecule has 0 atom stereocenters. The first-order chi connectivity index (χ1) is 6.56. The van der Waals surface area contributed by atoms with E-state index in [1.807, 2.05) is 0 Å². The van der Waals surface area contributed by atoms with Gasteiger partial charge in [0.05, 0.1) is 11.3 Å². The molecule has 1 heterocycles. The number of hydrogen-bond donors (Lipinski definition) is 1. The van der Waals surface area contributed by atoms with Crippen LogP contribution in [-0.2, 0) is 17.8 Å². The summed E-state index contributed by atoms with van der Waals surface area (Å²) in [6, 6.07) is 0. The van der Waals surface area contributed by atoms with E-state index in [4.69, 9.17) is 5.11 Å². The maximum Gasteiger partial charge on any atom is 0.310 e. The highest BCUT2D eigenvalue weighted by Gasteiger charge is 2.21. The zero-order valence-corrected chi connectivity index (χ0v) is 7.51. The molecule has 1 N–H and O–H groups in total. The fourth-order valence-corrected chi connectivity index (χ4v) is 1.15. The van der Waals surface area contributed by atoms with E-state index in [2.05, 4.69) is 5.10 Å². The number of hydrogen-bond acceptors (Lipinski definition) is 4. The van der Waals surface area contributed by atoms with Gasteiger partial charge in [-0.2, -0.15) is 5.10 Å². The summed E-state index contributed by atoms with van der Waals surface area (Å²) in [5.74, 6) is -1.11. The number of aliphatic carboxylic acids is 1. The standard InChI is InChI=1S/C7H9N3O4/c1-2-9-5(3-7(11)12)6(4-8-9)10(13)14/h4H,2-3H2,1H3,(H,11,12). The normalized spacial score (nSPS) is 10.1. The first-order valence-corrected chi connectivity index (χ1v) is 3.97. The van der Waals surface area contributed by atoms with Crippen LogP contribution in [0.25, 0.3) is 0 Å². The molecule has 0 saturated heterocycles. The van der Waals surface area contributed by atoms with Crippen LogP contribution in [-0.4, -0.2) is 25.8 Å². The molecule has 1 aromatic rings. The molecule has 0 saturated carbocycles. The summed E-state index contributed by atoms with van der Waals surface area (Å²) in [6.45, 7) is 2.15. The van der Waals surface area contributed by atoms with Crippen LogP contribution in [0.2, 0.25) is 0 Å². The fourth-order valence-electron chi connectivity index (χ4n) is 1.15. The summed E-state index contributed by atoms with van der Waals surface area (Å²) in [4.78, 5) is 20.3. The predicted octanol–water partition coefficient (Wildman–Crippen LogP) is 0.438. The van der Waals surface area contributed by atoms with Gasteiger partial charge >= 0.3 is 11.7 Å². The van der Waals surface area contributed by atoms with E-state index in [-0.39, 0.29) is 17.8 Å². The smallest absolute Gasteiger partial charge is 0.310 e. The van der Waals surface area contributed by atoms with Crippen molar-refractivity contribution in [3.8, 4) is 0 Å². The number of carboxylic acids is 1. The van der Waals surface area contributed by atoms with Crippen LogP contribution in [0.4, 0.5) is 5.69 Å². The predicted molar refractivity (Wildman–Crippen MR) is 45.9 cm³/mol. The maximum atomic E-state index is 10.5. The highest BCUT2D eigenvalue weighted by atomic mass is 16.6. The Morgan fingerprint density at radius 2 is 2.43 bits per heavy atom. The summed E-state index contributed by atoms with van der Waals surface area (Å²) in [5.41, 5.74) is -0.112. The van der Waals surface area contributed by atoms with E-state index in [0.29, 0.717) is 6.54 Å². The molecular formula is C7H9N3O4.